The maximum atomic E-state index is 12.4. The lowest BCUT2D eigenvalue weighted by atomic mass is 9.64. The number of amides is 1. The zero-order valence-electron chi connectivity index (χ0n) is 12.4. The maximum absolute atomic E-state index is 12.4. The van der Waals surface area contributed by atoms with Crippen molar-refractivity contribution in [1.29, 1.82) is 0 Å². The highest BCUT2D eigenvalue weighted by Crippen LogP contribution is 2.48. The molecule has 2 aromatic rings. The Hall–Kier alpha value is -1.11. The van der Waals surface area contributed by atoms with Gasteiger partial charge in [-0.15, -0.1) is 5.10 Å². The SMILES string of the molecule is Cn1nnc(Br)c1C(=O)NCC1(c2c(Cl)cccc2Cl)CCC1. The van der Waals surface area contributed by atoms with Crippen molar-refractivity contribution in [3.05, 3.63) is 44.1 Å². The summed E-state index contributed by atoms with van der Waals surface area (Å²) in [6.07, 6.45) is 2.98. The van der Waals surface area contributed by atoms with Gasteiger partial charge in [-0.25, -0.2) is 4.68 Å². The van der Waals surface area contributed by atoms with Gasteiger partial charge in [0, 0.05) is 29.1 Å². The average molecular weight is 418 g/mol. The molecule has 0 atom stereocenters. The van der Waals surface area contributed by atoms with Crippen LogP contribution < -0.4 is 5.32 Å². The van der Waals surface area contributed by atoms with Crippen molar-refractivity contribution in [3.8, 4) is 0 Å². The molecular formula is C15H15BrCl2N4O. The second-order valence-corrected chi connectivity index (χ2v) is 7.33. The molecule has 8 heteroatoms. The molecule has 1 aromatic carbocycles. The van der Waals surface area contributed by atoms with Crippen LogP contribution in [0.3, 0.4) is 0 Å². The molecule has 1 N–H and O–H groups in total. The molecule has 3 rings (SSSR count). The lowest BCUT2D eigenvalue weighted by Crippen LogP contribution is -2.46. The van der Waals surface area contributed by atoms with E-state index in [1.807, 2.05) is 18.2 Å². The number of hydrogen-bond acceptors (Lipinski definition) is 3. The van der Waals surface area contributed by atoms with Gasteiger partial charge in [-0.1, -0.05) is 40.9 Å². The van der Waals surface area contributed by atoms with Gasteiger partial charge in [0.2, 0.25) is 0 Å². The molecule has 1 aliphatic carbocycles. The first kappa shape index (κ1) is 16.7. The van der Waals surface area contributed by atoms with E-state index in [0.717, 1.165) is 24.8 Å². The summed E-state index contributed by atoms with van der Waals surface area (Å²) >= 11 is 16.0. The summed E-state index contributed by atoms with van der Waals surface area (Å²) in [6.45, 7) is 0.479. The largest absolute Gasteiger partial charge is 0.350 e. The van der Waals surface area contributed by atoms with Crippen LogP contribution in [0, 0.1) is 0 Å². The van der Waals surface area contributed by atoms with Crippen molar-refractivity contribution in [3.63, 3.8) is 0 Å². The van der Waals surface area contributed by atoms with Crippen LogP contribution in [0.1, 0.15) is 35.3 Å². The zero-order chi connectivity index (χ0) is 16.6. The fraction of sp³-hybridized carbons (Fsp3) is 0.400. The summed E-state index contributed by atoms with van der Waals surface area (Å²) in [5.41, 5.74) is 1.12. The van der Waals surface area contributed by atoms with Crippen molar-refractivity contribution >= 4 is 45.0 Å². The average Bonchev–Trinajstić information content (AvgIpc) is 2.79. The molecule has 1 fully saturated rings. The van der Waals surface area contributed by atoms with Crippen molar-refractivity contribution in [1.82, 2.24) is 20.3 Å². The van der Waals surface area contributed by atoms with Gasteiger partial charge < -0.3 is 5.32 Å². The second kappa shape index (κ2) is 6.42. The molecule has 0 radical (unpaired) electrons. The molecular weight excluding hydrogens is 403 g/mol. The van der Waals surface area contributed by atoms with Crippen LogP contribution >= 0.6 is 39.1 Å². The minimum absolute atomic E-state index is 0.205. The molecule has 0 saturated heterocycles. The minimum atomic E-state index is -0.223. The summed E-state index contributed by atoms with van der Waals surface area (Å²) in [6, 6.07) is 5.51. The van der Waals surface area contributed by atoms with Crippen LogP contribution in [0.15, 0.2) is 22.8 Å². The van der Waals surface area contributed by atoms with E-state index in [0.29, 0.717) is 26.9 Å². The highest BCUT2D eigenvalue weighted by molar-refractivity contribution is 9.10. The van der Waals surface area contributed by atoms with Crippen molar-refractivity contribution in [2.75, 3.05) is 6.54 Å². The van der Waals surface area contributed by atoms with Crippen LogP contribution in [0.5, 0.6) is 0 Å². The number of hydrogen-bond donors (Lipinski definition) is 1. The van der Waals surface area contributed by atoms with Gasteiger partial charge in [-0.05, 0) is 46.5 Å². The highest BCUT2D eigenvalue weighted by Gasteiger charge is 2.42. The van der Waals surface area contributed by atoms with Crippen LogP contribution in [0.4, 0.5) is 0 Å². The van der Waals surface area contributed by atoms with E-state index in [2.05, 4.69) is 31.6 Å². The lowest BCUT2D eigenvalue weighted by molar-refractivity contribution is 0.0917. The molecule has 0 bridgehead atoms. The number of aromatic nitrogens is 3. The summed E-state index contributed by atoms with van der Waals surface area (Å²) in [5, 5.41) is 11.9. The first-order valence-corrected chi connectivity index (χ1v) is 8.77. The molecule has 1 aromatic heterocycles. The predicted octanol–water partition coefficient (Wildman–Crippen LogP) is 3.74. The first-order valence-electron chi connectivity index (χ1n) is 7.22. The fourth-order valence-corrected chi connectivity index (χ4v) is 4.33. The molecule has 0 spiro atoms. The topological polar surface area (TPSA) is 59.8 Å². The number of benzene rings is 1. The Morgan fingerprint density at radius 1 is 1.39 bits per heavy atom. The van der Waals surface area contributed by atoms with E-state index in [9.17, 15) is 4.79 Å². The van der Waals surface area contributed by atoms with Crippen LogP contribution in [0.2, 0.25) is 10.0 Å². The van der Waals surface area contributed by atoms with Gasteiger partial charge >= 0.3 is 0 Å². The Morgan fingerprint density at radius 3 is 2.52 bits per heavy atom. The Balaban J connectivity index is 1.82. The lowest BCUT2D eigenvalue weighted by Gasteiger charge is -2.43. The Kier molecular flexibility index (Phi) is 4.67. The zero-order valence-corrected chi connectivity index (χ0v) is 15.5. The van der Waals surface area contributed by atoms with Gasteiger partial charge in [0.1, 0.15) is 0 Å². The number of carbonyl (C=O) groups is 1. The number of carbonyl (C=O) groups excluding carboxylic acids is 1. The molecule has 0 unspecified atom stereocenters. The number of rotatable bonds is 4. The van der Waals surface area contributed by atoms with Gasteiger partial charge in [0.15, 0.2) is 10.3 Å². The fourth-order valence-electron chi connectivity index (χ4n) is 3.03. The third kappa shape index (κ3) is 2.99. The van der Waals surface area contributed by atoms with Crippen molar-refractivity contribution < 1.29 is 4.79 Å². The van der Waals surface area contributed by atoms with E-state index in [4.69, 9.17) is 23.2 Å². The van der Waals surface area contributed by atoms with Gasteiger partial charge in [-0.3, -0.25) is 4.79 Å². The second-order valence-electron chi connectivity index (χ2n) is 5.77. The van der Waals surface area contributed by atoms with E-state index < -0.39 is 0 Å². The summed E-state index contributed by atoms with van der Waals surface area (Å²) in [4.78, 5) is 12.4. The Labute approximate surface area is 152 Å². The Bertz CT molecular complexity index is 718. The normalized spacial score (nSPS) is 16.0. The molecule has 1 aliphatic rings. The maximum Gasteiger partial charge on any atom is 0.272 e. The van der Waals surface area contributed by atoms with Gasteiger partial charge in [0.25, 0.3) is 5.91 Å². The molecule has 1 amide bonds. The van der Waals surface area contributed by atoms with Crippen molar-refractivity contribution in [2.24, 2.45) is 7.05 Å². The summed E-state index contributed by atoms with van der Waals surface area (Å²) in [7, 11) is 1.68. The first-order chi connectivity index (χ1) is 10.9. The summed E-state index contributed by atoms with van der Waals surface area (Å²) < 4.78 is 1.87. The molecule has 1 heterocycles. The third-order valence-corrected chi connectivity index (χ3v) is 5.56. The quantitative estimate of drug-likeness (QED) is 0.824. The van der Waals surface area contributed by atoms with E-state index in [1.54, 1.807) is 7.05 Å². The number of nitrogens with zero attached hydrogens (tertiary/aromatic N) is 3. The molecule has 122 valence electrons. The number of nitrogens with one attached hydrogen (secondary N) is 1. The van der Waals surface area contributed by atoms with E-state index >= 15 is 0 Å². The predicted molar refractivity (Wildman–Crippen MR) is 93.0 cm³/mol. The summed E-state index contributed by atoms with van der Waals surface area (Å²) in [5.74, 6) is -0.223. The smallest absolute Gasteiger partial charge is 0.272 e. The molecule has 0 aliphatic heterocycles. The number of aryl methyl sites for hydroxylation is 1. The van der Waals surface area contributed by atoms with Crippen LogP contribution in [-0.4, -0.2) is 27.4 Å². The molecule has 5 nitrogen and oxygen atoms in total. The Morgan fingerprint density at radius 2 is 2.04 bits per heavy atom. The van der Waals surface area contributed by atoms with Crippen molar-refractivity contribution in [2.45, 2.75) is 24.7 Å². The standard InChI is InChI=1S/C15H15BrCl2N4O/c1-22-12(13(16)20-21-22)14(23)19-8-15(6-3-7-15)11-9(17)4-2-5-10(11)18/h2,4-5H,3,6-8H2,1H3,(H,19,23). The van der Waals surface area contributed by atoms with Gasteiger partial charge in [0.05, 0.1) is 0 Å². The molecule has 1 saturated carbocycles. The third-order valence-electron chi connectivity index (χ3n) is 4.39. The number of halogens is 3. The van der Waals surface area contributed by atoms with Crippen LogP contribution in [-0.2, 0) is 12.5 Å². The van der Waals surface area contributed by atoms with Gasteiger partial charge in [-0.2, -0.15) is 0 Å². The molecule has 23 heavy (non-hydrogen) atoms. The monoisotopic (exact) mass is 416 g/mol. The minimum Gasteiger partial charge on any atom is -0.350 e. The van der Waals surface area contributed by atoms with E-state index in [1.165, 1.54) is 4.68 Å². The van der Waals surface area contributed by atoms with E-state index in [-0.39, 0.29) is 11.3 Å². The highest BCUT2D eigenvalue weighted by atomic mass is 79.9. The van der Waals surface area contributed by atoms with Crippen LogP contribution in [0.25, 0.3) is 0 Å².